The van der Waals surface area contributed by atoms with Crippen molar-refractivity contribution in [3.05, 3.63) is 35.9 Å². The van der Waals surface area contributed by atoms with Gasteiger partial charge in [-0.15, -0.1) is 0 Å². The van der Waals surface area contributed by atoms with Crippen LogP contribution in [0.1, 0.15) is 23.2 Å². The van der Waals surface area contributed by atoms with Gasteiger partial charge in [0.25, 0.3) is 0 Å². The fourth-order valence-corrected chi connectivity index (χ4v) is 7.53. The van der Waals surface area contributed by atoms with Gasteiger partial charge in [-0.3, -0.25) is 19.3 Å². The van der Waals surface area contributed by atoms with E-state index in [1.807, 2.05) is 6.26 Å². The van der Waals surface area contributed by atoms with E-state index in [0.717, 1.165) is 11.3 Å². The maximum Gasteiger partial charge on any atom is 0.329 e. The number of hydrogen-bond donors (Lipinski definition) is 0. The van der Waals surface area contributed by atoms with Gasteiger partial charge in [-0.1, -0.05) is 62.2 Å². The molecule has 0 radical (unpaired) electrons. The molecule has 2 aliphatic carbocycles. The Morgan fingerprint density at radius 1 is 1.10 bits per heavy atom. The Kier molecular flexibility index (Phi) is 6.93. The Labute approximate surface area is 202 Å². The SMILES string of the molecule is CSCC[C@H](C(=O)OCC(=O)c1ccccc1)N1C(=O)[C@@H]2[C@H]3C[C@@H]([C@@H](Br)[C@H]3Br)[C@H]2C1=O. The number of ether oxygens (including phenoxy) is 1. The molecule has 0 N–H and O–H groups in total. The highest BCUT2D eigenvalue weighted by Gasteiger charge is 2.67. The number of rotatable bonds is 8. The number of amides is 2. The standard InChI is InChI=1S/C22H23Br2NO5S/c1-31-8-7-14(22(29)30-10-15(26)11-5-3-2-4-6-11)25-20(27)16-12-9-13(17(16)21(25)28)19(24)18(12)23/h2-6,12-14,16-19H,7-10H2,1H3/t12-,13-,14-,16-,17-,18-,19+/m1/s1. The molecule has 1 saturated heterocycles. The maximum absolute atomic E-state index is 13.3. The molecule has 166 valence electrons. The number of Topliss-reactive ketones (excluding diaryl/α,β-unsaturated/α-hetero) is 1. The molecule has 4 rings (SSSR count). The first-order chi connectivity index (χ1) is 14.9. The van der Waals surface area contributed by atoms with E-state index in [-0.39, 0.29) is 50.9 Å². The summed E-state index contributed by atoms with van der Waals surface area (Å²) < 4.78 is 5.30. The largest absolute Gasteiger partial charge is 0.456 e. The van der Waals surface area contributed by atoms with E-state index in [0.29, 0.717) is 17.7 Å². The molecule has 3 fully saturated rings. The van der Waals surface area contributed by atoms with Crippen LogP contribution in [-0.2, 0) is 19.1 Å². The summed E-state index contributed by atoms with van der Waals surface area (Å²) in [4.78, 5) is 53.3. The van der Waals surface area contributed by atoms with E-state index in [1.165, 1.54) is 11.8 Å². The summed E-state index contributed by atoms with van der Waals surface area (Å²) >= 11 is 8.87. The molecule has 31 heavy (non-hydrogen) atoms. The Balaban J connectivity index is 1.50. The predicted octanol–water partition coefficient (Wildman–Crippen LogP) is 3.31. The summed E-state index contributed by atoms with van der Waals surface area (Å²) in [5, 5.41) is 0. The molecule has 9 heteroatoms. The number of likely N-dealkylation sites (tertiary alicyclic amines) is 1. The van der Waals surface area contributed by atoms with Crippen molar-refractivity contribution in [3.8, 4) is 0 Å². The zero-order valence-corrected chi connectivity index (χ0v) is 20.9. The molecule has 0 unspecified atom stereocenters. The number of ketones is 1. The van der Waals surface area contributed by atoms with E-state index < -0.39 is 18.6 Å². The third-order valence-electron chi connectivity index (χ3n) is 6.64. The van der Waals surface area contributed by atoms with Crippen molar-refractivity contribution >= 4 is 67.2 Å². The molecule has 0 aromatic heterocycles. The van der Waals surface area contributed by atoms with Gasteiger partial charge in [-0.2, -0.15) is 11.8 Å². The van der Waals surface area contributed by atoms with Crippen LogP contribution in [0.2, 0.25) is 0 Å². The lowest BCUT2D eigenvalue weighted by atomic mass is 9.81. The van der Waals surface area contributed by atoms with Crippen LogP contribution in [-0.4, -0.2) is 62.8 Å². The molecular weight excluding hydrogens is 550 g/mol. The number of nitrogens with zero attached hydrogens (tertiary/aromatic N) is 1. The lowest BCUT2D eigenvalue weighted by Gasteiger charge is -2.28. The number of halogens is 2. The topological polar surface area (TPSA) is 80.8 Å². The summed E-state index contributed by atoms with van der Waals surface area (Å²) in [6.45, 7) is -0.417. The zero-order valence-electron chi connectivity index (χ0n) is 16.9. The third kappa shape index (κ3) is 4.02. The number of fused-ring (bicyclic) bond motifs is 5. The van der Waals surface area contributed by atoms with Crippen LogP contribution < -0.4 is 0 Å². The van der Waals surface area contributed by atoms with E-state index >= 15 is 0 Å². The number of carbonyl (C=O) groups is 4. The lowest BCUT2D eigenvalue weighted by molar-refractivity contribution is -0.158. The fraction of sp³-hybridized carbons (Fsp3) is 0.545. The average Bonchev–Trinajstić information content (AvgIpc) is 3.38. The second-order valence-electron chi connectivity index (χ2n) is 8.24. The van der Waals surface area contributed by atoms with Gasteiger partial charge in [-0.25, -0.2) is 4.79 Å². The molecular formula is C22H23Br2NO5S. The first-order valence-electron chi connectivity index (χ1n) is 10.3. The molecule has 6 nitrogen and oxygen atoms in total. The van der Waals surface area contributed by atoms with Gasteiger partial charge in [0.2, 0.25) is 11.8 Å². The van der Waals surface area contributed by atoms with E-state index in [2.05, 4.69) is 31.9 Å². The second kappa shape index (κ2) is 9.35. The maximum atomic E-state index is 13.3. The number of imide groups is 1. The van der Waals surface area contributed by atoms with Crippen LogP contribution in [0, 0.1) is 23.7 Å². The molecule has 2 bridgehead atoms. The highest BCUT2D eigenvalue weighted by molar-refractivity contribution is 9.12. The molecule has 2 amide bonds. The number of alkyl halides is 2. The normalized spacial score (nSPS) is 32.3. The number of carbonyl (C=O) groups excluding carboxylic acids is 4. The molecule has 7 atom stereocenters. The van der Waals surface area contributed by atoms with Crippen LogP contribution in [0.15, 0.2) is 30.3 Å². The van der Waals surface area contributed by atoms with Crippen LogP contribution in [0.5, 0.6) is 0 Å². The zero-order chi connectivity index (χ0) is 22.3. The molecule has 1 aromatic carbocycles. The van der Waals surface area contributed by atoms with E-state index in [1.54, 1.807) is 30.3 Å². The van der Waals surface area contributed by atoms with Crippen molar-refractivity contribution in [1.29, 1.82) is 0 Å². The number of esters is 1. The van der Waals surface area contributed by atoms with Gasteiger partial charge < -0.3 is 4.74 Å². The Morgan fingerprint density at radius 2 is 1.68 bits per heavy atom. The van der Waals surface area contributed by atoms with Gasteiger partial charge in [-0.05, 0) is 36.7 Å². The molecule has 2 saturated carbocycles. The highest BCUT2D eigenvalue weighted by Crippen LogP contribution is 2.60. The van der Waals surface area contributed by atoms with Gasteiger partial charge in [0.05, 0.1) is 11.8 Å². The van der Waals surface area contributed by atoms with Crippen molar-refractivity contribution < 1.29 is 23.9 Å². The third-order valence-corrected chi connectivity index (χ3v) is 10.5. The summed E-state index contributed by atoms with van der Waals surface area (Å²) in [5.41, 5.74) is 0.446. The van der Waals surface area contributed by atoms with Crippen molar-refractivity contribution in [1.82, 2.24) is 4.90 Å². The van der Waals surface area contributed by atoms with Crippen LogP contribution in [0.3, 0.4) is 0 Å². The van der Waals surface area contributed by atoms with Crippen LogP contribution in [0.4, 0.5) is 0 Å². The minimum Gasteiger partial charge on any atom is -0.456 e. The van der Waals surface area contributed by atoms with Crippen molar-refractivity contribution in [3.63, 3.8) is 0 Å². The lowest BCUT2D eigenvalue weighted by Crippen LogP contribution is -2.47. The summed E-state index contributed by atoms with van der Waals surface area (Å²) in [5.74, 6) is -1.58. The molecule has 3 aliphatic rings. The smallest absolute Gasteiger partial charge is 0.329 e. The molecule has 1 heterocycles. The number of thioether (sulfide) groups is 1. The second-order valence-corrected chi connectivity index (χ2v) is 11.3. The number of benzene rings is 1. The number of hydrogen-bond acceptors (Lipinski definition) is 6. The summed E-state index contributed by atoms with van der Waals surface area (Å²) in [7, 11) is 0. The van der Waals surface area contributed by atoms with Gasteiger partial charge in [0.1, 0.15) is 6.04 Å². The van der Waals surface area contributed by atoms with E-state index in [9.17, 15) is 19.2 Å². The first-order valence-corrected chi connectivity index (χ1v) is 13.5. The minimum absolute atomic E-state index is 0.0812. The van der Waals surface area contributed by atoms with Crippen LogP contribution in [0.25, 0.3) is 0 Å². The monoisotopic (exact) mass is 571 g/mol. The molecule has 0 spiro atoms. The average molecular weight is 573 g/mol. The summed E-state index contributed by atoms with van der Waals surface area (Å²) in [6, 6.07) is 7.57. The van der Waals surface area contributed by atoms with Gasteiger partial charge >= 0.3 is 5.97 Å². The van der Waals surface area contributed by atoms with E-state index in [4.69, 9.17) is 4.74 Å². The highest BCUT2D eigenvalue weighted by atomic mass is 79.9. The Hall–Kier alpha value is -1.19. The van der Waals surface area contributed by atoms with Crippen molar-refractivity contribution in [2.45, 2.75) is 28.5 Å². The molecule has 1 aromatic rings. The van der Waals surface area contributed by atoms with Gasteiger partial charge in [0.15, 0.2) is 12.4 Å². The van der Waals surface area contributed by atoms with Crippen molar-refractivity contribution in [2.24, 2.45) is 23.7 Å². The van der Waals surface area contributed by atoms with Crippen molar-refractivity contribution in [2.75, 3.05) is 18.6 Å². The summed E-state index contributed by atoms with van der Waals surface area (Å²) in [6.07, 6.45) is 3.04. The Morgan fingerprint density at radius 3 is 2.23 bits per heavy atom. The first kappa shape index (κ1) is 23.0. The molecule has 1 aliphatic heterocycles. The van der Waals surface area contributed by atoms with Crippen LogP contribution >= 0.6 is 43.6 Å². The quantitative estimate of drug-likeness (QED) is 0.206. The minimum atomic E-state index is -0.997. The fourth-order valence-electron chi connectivity index (χ4n) is 5.20. The predicted molar refractivity (Wildman–Crippen MR) is 124 cm³/mol. The Bertz CT molecular complexity index is 865. The van der Waals surface area contributed by atoms with Gasteiger partial charge in [0, 0.05) is 15.2 Å².